The Labute approximate surface area is 193 Å². The standard InChI is InChI=1S/C25H29FN6O/c1-16-7-8-17(2)19(13-16)21-14-22-25-29-28-23(31(25)11-12-32(22)30-21)9-10-24(33)27-15-18-5-3-4-6-20(18)26/h3-8,11-13,21-22,25,29-30H,9-10,14-15H2,1-2H3,(H,27,33). The molecular formula is C25H29FN6O. The van der Waals surface area contributed by atoms with Gasteiger partial charge in [-0.05, 0) is 37.5 Å². The van der Waals surface area contributed by atoms with Crippen LogP contribution >= 0.6 is 0 Å². The number of nitrogens with one attached hydrogen (secondary N) is 3. The van der Waals surface area contributed by atoms with E-state index in [2.05, 4.69) is 63.2 Å². The fourth-order valence-corrected chi connectivity index (χ4v) is 4.80. The number of hydrogen-bond donors (Lipinski definition) is 3. The maximum atomic E-state index is 13.7. The number of carbonyl (C=O) groups excluding carboxylic acids is 1. The zero-order valence-corrected chi connectivity index (χ0v) is 18.9. The number of hydrazone groups is 1. The molecule has 1 saturated heterocycles. The molecule has 1 fully saturated rings. The van der Waals surface area contributed by atoms with Gasteiger partial charge in [0.15, 0.2) is 0 Å². The molecule has 0 radical (unpaired) electrons. The highest BCUT2D eigenvalue weighted by molar-refractivity contribution is 5.89. The molecule has 3 N–H and O–H groups in total. The van der Waals surface area contributed by atoms with Crippen molar-refractivity contribution < 1.29 is 9.18 Å². The highest BCUT2D eigenvalue weighted by atomic mass is 19.1. The normalized spacial score (nSPS) is 23.1. The van der Waals surface area contributed by atoms with Crippen molar-refractivity contribution in [2.24, 2.45) is 5.10 Å². The molecule has 0 saturated carbocycles. The Kier molecular flexibility index (Phi) is 5.76. The number of amides is 1. The zero-order valence-electron chi connectivity index (χ0n) is 18.9. The third-order valence-corrected chi connectivity index (χ3v) is 6.64. The highest BCUT2D eigenvalue weighted by Gasteiger charge is 2.44. The first kappa shape index (κ1) is 21.5. The van der Waals surface area contributed by atoms with Gasteiger partial charge in [0.05, 0.1) is 12.1 Å². The summed E-state index contributed by atoms with van der Waals surface area (Å²) in [6.45, 7) is 4.46. The number of fused-ring (bicyclic) bond motifs is 3. The third-order valence-electron chi connectivity index (χ3n) is 6.64. The second-order valence-corrected chi connectivity index (χ2v) is 8.93. The molecule has 172 valence electrons. The van der Waals surface area contributed by atoms with Gasteiger partial charge >= 0.3 is 0 Å². The molecule has 0 spiro atoms. The predicted molar refractivity (Wildman–Crippen MR) is 125 cm³/mol. The SMILES string of the molecule is Cc1ccc(C)c(C2CC3C4NN=C(CCC(=O)NCc5ccccc5F)N4C=CN3N2)c1. The number of rotatable bonds is 6. The molecule has 3 heterocycles. The molecule has 3 aliphatic heterocycles. The van der Waals surface area contributed by atoms with Crippen molar-refractivity contribution in [3.63, 3.8) is 0 Å². The minimum Gasteiger partial charge on any atom is -0.352 e. The summed E-state index contributed by atoms with van der Waals surface area (Å²) in [5.74, 6) is 0.411. The maximum absolute atomic E-state index is 13.7. The van der Waals surface area contributed by atoms with Gasteiger partial charge in [-0.2, -0.15) is 5.10 Å². The van der Waals surface area contributed by atoms with Crippen LogP contribution < -0.4 is 16.2 Å². The van der Waals surface area contributed by atoms with E-state index < -0.39 is 0 Å². The van der Waals surface area contributed by atoms with Crippen LogP contribution in [0.3, 0.4) is 0 Å². The van der Waals surface area contributed by atoms with E-state index in [1.165, 1.54) is 22.8 Å². The molecule has 33 heavy (non-hydrogen) atoms. The highest BCUT2D eigenvalue weighted by Crippen LogP contribution is 2.35. The van der Waals surface area contributed by atoms with E-state index in [1.54, 1.807) is 18.2 Å². The number of amidine groups is 1. The lowest BCUT2D eigenvalue weighted by molar-refractivity contribution is -0.121. The molecule has 5 rings (SSSR count). The fraction of sp³-hybridized carbons (Fsp3) is 0.360. The van der Waals surface area contributed by atoms with E-state index >= 15 is 0 Å². The monoisotopic (exact) mass is 448 g/mol. The molecule has 3 aliphatic rings. The molecule has 2 aromatic carbocycles. The molecular weight excluding hydrogens is 419 g/mol. The van der Waals surface area contributed by atoms with E-state index in [4.69, 9.17) is 0 Å². The lowest BCUT2D eigenvalue weighted by Crippen LogP contribution is -2.54. The number of hydrogen-bond acceptors (Lipinski definition) is 6. The van der Waals surface area contributed by atoms with Gasteiger partial charge in [-0.25, -0.2) is 9.82 Å². The largest absolute Gasteiger partial charge is 0.352 e. The Balaban J connectivity index is 1.17. The van der Waals surface area contributed by atoms with Crippen LogP contribution in [0.1, 0.15) is 47.6 Å². The minimum atomic E-state index is -0.308. The summed E-state index contributed by atoms with van der Waals surface area (Å²) < 4.78 is 13.7. The predicted octanol–water partition coefficient (Wildman–Crippen LogP) is 3.19. The smallest absolute Gasteiger partial charge is 0.220 e. The molecule has 2 aromatic rings. The van der Waals surface area contributed by atoms with Crippen LogP contribution in [0.2, 0.25) is 0 Å². The Morgan fingerprint density at radius 1 is 1.21 bits per heavy atom. The molecule has 7 nitrogen and oxygen atoms in total. The van der Waals surface area contributed by atoms with E-state index in [9.17, 15) is 9.18 Å². The number of hydrazine groups is 1. The lowest BCUT2D eigenvalue weighted by atomic mass is 9.95. The van der Waals surface area contributed by atoms with Crippen LogP contribution in [0.15, 0.2) is 60.0 Å². The second kappa shape index (κ2) is 8.86. The Bertz CT molecular complexity index is 1120. The summed E-state index contributed by atoms with van der Waals surface area (Å²) in [6, 6.07) is 13.5. The number of benzene rings is 2. The van der Waals surface area contributed by atoms with Gasteiger partial charge in [0, 0.05) is 37.3 Å². The summed E-state index contributed by atoms with van der Waals surface area (Å²) in [7, 11) is 0. The van der Waals surface area contributed by atoms with Gasteiger partial charge in [-0.1, -0.05) is 42.0 Å². The third kappa shape index (κ3) is 4.30. The zero-order chi connectivity index (χ0) is 22.9. The van der Waals surface area contributed by atoms with Crippen molar-refractivity contribution in [1.29, 1.82) is 0 Å². The van der Waals surface area contributed by atoms with E-state index in [0.29, 0.717) is 18.4 Å². The van der Waals surface area contributed by atoms with E-state index in [0.717, 1.165) is 12.3 Å². The van der Waals surface area contributed by atoms with Crippen molar-refractivity contribution in [3.05, 3.63) is 82.9 Å². The molecule has 0 aromatic heterocycles. The van der Waals surface area contributed by atoms with Gasteiger partial charge in [0.2, 0.25) is 5.91 Å². The van der Waals surface area contributed by atoms with Gasteiger partial charge in [-0.3, -0.25) is 10.2 Å². The summed E-state index contributed by atoms with van der Waals surface area (Å²) in [5, 5.41) is 9.49. The van der Waals surface area contributed by atoms with Gasteiger partial charge in [0.1, 0.15) is 17.8 Å². The number of aryl methyl sites for hydroxylation is 2. The van der Waals surface area contributed by atoms with Crippen LogP contribution in [0.4, 0.5) is 4.39 Å². The van der Waals surface area contributed by atoms with Gasteiger partial charge < -0.3 is 15.2 Å². The van der Waals surface area contributed by atoms with Crippen LogP contribution in [-0.4, -0.2) is 33.9 Å². The van der Waals surface area contributed by atoms with Gasteiger partial charge in [-0.15, -0.1) is 0 Å². The first-order chi connectivity index (χ1) is 16.0. The number of carbonyl (C=O) groups is 1. The minimum absolute atomic E-state index is 0.0223. The van der Waals surface area contributed by atoms with Gasteiger partial charge in [0.25, 0.3) is 0 Å². The topological polar surface area (TPSA) is 72.0 Å². The Morgan fingerprint density at radius 3 is 2.91 bits per heavy atom. The number of nitrogens with zero attached hydrogens (tertiary/aromatic N) is 3. The van der Waals surface area contributed by atoms with Crippen LogP contribution in [0.5, 0.6) is 0 Å². The molecule has 3 unspecified atom stereocenters. The first-order valence-electron chi connectivity index (χ1n) is 11.4. The number of halogens is 1. The summed E-state index contributed by atoms with van der Waals surface area (Å²) >= 11 is 0. The molecule has 8 heteroatoms. The van der Waals surface area contributed by atoms with Crippen molar-refractivity contribution in [1.82, 2.24) is 26.1 Å². The van der Waals surface area contributed by atoms with Crippen LogP contribution in [0, 0.1) is 19.7 Å². The summed E-state index contributed by atoms with van der Waals surface area (Å²) in [6.07, 6.45) is 5.84. The average molecular weight is 449 g/mol. The molecule has 0 bridgehead atoms. The van der Waals surface area contributed by atoms with Crippen molar-refractivity contribution >= 4 is 11.7 Å². The Hall–Kier alpha value is -3.39. The molecule has 1 amide bonds. The van der Waals surface area contributed by atoms with Crippen LogP contribution in [0.25, 0.3) is 0 Å². The quantitative estimate of drug-likeness (QED) is 0.633. The van der Waals surface area contributed by atoms with Crippen molar-refractivity contribution in [2.75, 3.05) is 0 Å². The van der Waals surface area contributed by atoms with Crippen molar-refractivity contribution in [3.8, 4) is 0 Å². The lowest BCUT2D eigenvalue weighted by Gasteiger charge is -2.37. The van der Waals surface area contributed by atoms with E-state index in [-0.39, 0.29) is 36.5 Å². The van der Waals surface area contributed by atoms with Crippen LogP contribution in [-0.2, 0) is 11.3 Å². The first-order valence-corrected chi connectivity index (χ1v) is 11.4. The summed E-state index contributed by atoms with van der Waals surface area (Å²) in [4.78, 5) is 14.4. The average Bonchev–Trinajstić information content (AvgIpc) is 3.42. The fourth-order valence-electron chi connectivity index (χ4n) is 4.80. The maximum Gasteiger partial charge on any atom is 0.220 e. The Morgan fingerprint density at radius 2 is 2.06 bits per heavy atom. The molecule has 0 aliphatic carbocycles. The second-order valence-electron chi connectivity index (χ2n) is 8.93. The molecule has 3 atom stereocenters. The van der Waals surface area contributed by atoms with E-state index in [1.807, 2.05) is 12.4 Å². The summed E-state index contributed by atoms with van der Waals surface area (Å²) in [5.41, 5.74) is 11.3. The van der Waals surface area contributed by atoms with Crippen molar-refractivity contribution in [2.45, 2.75) is 57.9 Å².